The number of halogens is 2. The molecule has 0 bridgehead atoms. The van der Waals surface area contributed by atoms with Gasteiger partial charge in [0.2, 0.25) is 5.91 Å². The van der Waals surface area contributed by atoms with E-state index in [0.29, 0.717) is 22.3 Å². The first-order valence-corrected chi connectivity index (χ1v) is 6.62. The molecular formula is C13H16BrFN2O. The van der Waals surface area contributed by atoms with Crippen molar-refractivity contribution in [3.05, 3.63) is 22.4 Å². The smallest absolute Gasteiger partial charge is 0.226 e. The Bertz CT molecular complexity index is 496. The second-order valence-electron chi connectivity index (χ2n) is 5.63. The largest absolute Gasteiger partial charge is 0.379 e. The average Bonchev–Trinajstić information content (AvgIpc) is 2.37. The van der Waals surface area contributed by atoms with Crippen LogP contribution >= 0.6 is 15.9 Å². The van der Waals surface area contributed by atoms with E-state index in [0.717, 1.165) is 0 Å². The quantitative estimate of drug-likeness (QED) is 0.765. The summed E-state index contributed by atoms with van der Waals surface area (Å²) in [5.74, 6) is -0.398. The molecule has 2 N–H and O–H groups in total. The van der Waals surface area contributed by atoms with Crippen molar-refractivity contribution < 1.29 is 9.18 Å². The molecule has 1 aromatic carbocycles. The number of amides is 1. The minimum absolute atomic E-state index is 0.0284. The minimum atomic E-state index is -0.343. The molecule has 1 aliphatic heterocycles. The Morgan fingerprint density at radius 3 is 2.61 bits per heavy atom. The van der Waals surface area contributed by atoms with Gasteiger partial charge in [0.1, 0.15) is 5.82 Å². The molecule has 1 aromatic rings. The topological polar surface area (TPSA) is 41.1 Å². The molecule has 1 atom stereocenters. The van der Waals surface area contributed by atoms with Crippen LogP contribution in [0.5, 0.6) is 0 Å². The van der Waals surface area contributed by atoms with E-state index in [1.165, 1.54) is 6.07 Å². The van der Waals surface area contributed by atoms with Crippen LogP contribution in [0.1, 0.15) is 27.2 Å². The minimum Gasteiger partial charge on any atom is -0.379 e. The van der Waals surface area contributed by atoms with Gasteiger partial charge >= 0.3 is 0 Å². The van der Waals surface area contributed by atoms with Crippen LogP contribution in [0.3, 0.4) is 0 Å². The van der Waals surface area contributed by atoms with Gasteiger partial charge in [-0.3, -0.25) is 4.79 Å². The highest BCUT2D eigenvalue weighted by molar-refractivity contribution is 9.10. The molecule has 1 heterocycles. The van der Waals surface area contributed by atoms with Crippen LogP contribution in [0.2, 0.25) is 0 Å². The third kappa shape index (κ3) is 2.66. The van der Waals surface area contributed by atoms with Gasteiger partial charge in [0.15, 0.2) is 0 Å². The van der Waals surface area contributed by atoms with E-state index in [1.807, 2.05) is 0 Å². The monoisotopic (exact) mass is 314 g/mol. The van der Waals surface area contributed by atoms with E-state index in [1.54, 1.807) is 6.07 Å². The van der Waals surface area contributed by atoms with Crippen molar-refractivity contribution in [2.75, 3.05) is 10.6 Å². The van der Waals surface area contributed by atoms with Gasteiger partial charge in [0, 0.05) is 18.5 Å². The predicted molar refractivity (Wildman–Crippen MR) is 74.2 cm³/mol. The molecule has 0 fully saturated rings. The SMILES string of the molecule is CC(C)(C)C1CC(=O)Nc2cc(Br)c(F)cc2N1. The summed E-state index contributed by atoms with van der Waals surface area (Å²) in [5, 5.41) is 6.05. The molecule has 0 aliphatic carbocycles. The number of anilines is 2. The Labute approximate surface area is 114 Å². The molecule has 18 heavy (non-hydrogen) atoms. The summed E-state index contributed by atoms with van der Waals surface area (Å²) >= 11 is 3.12. The zero-order valence-electron chi connectivity index (χ0n) is 10.6. The van der Waals surface area contributed by atoms with Gasteiger partial charge in [-0.25, -0.2) is 4.39 Å². The van der Waals surface area contributed by atoms with E-state index in [9.17, 15) is 9.18 Å². The van der Waals surface area contributed by atoms with Gasteiger partial charge in [0.25, 0.3) is 0 Å². The third-order valence-electron chi connectivity index (χ3n) is 3.10. The molecule has 1 aliphatic rings. The van der Waals surface area contributed by atoms with E-state index in [2.05, 4.69) is 47.3 Å². The zero-order valence-corrected chi connectivity index (χ0v) is 12.2. The van der Waals surface area contributed by atoms with Crippen molar-refractivity contribution >= 4 is 33.2 Å². The van der Waals surface area contributed by atoms with Gasteiger partial charge < -0.3 is 10.6 Å². The summed E-state index contributed by atoms with van der Waals surface area (Å²) in [4.78, 5) is 11.8. The molecule has 5 heteroatoms. The number of benzene rings is 1. The number of carbonyl (C=O) groups excluding carboxylic acids is 1. The lowest BCUT2D eigenvalue weighted by Gasteiger charge is -2.30. The number of nitrogens with one attached hydrogen (secondary N) is 2. The molecule has 0 spiro atoms. The summed E-state index contributed by atoms with van der Waals surface area (Å²) in [5.41, 5.74) is 1.16. The van der Waals surface area contributed by atoms with Crippen LogP contribution in [-0.4, -0.2) is 11.9 Å². The fourth-order valence-electron chi connectivity index (χ4n) is 1.92. The average molecular weight is 315 g/mol. The molecule has 0 radical (unpaired) electrons. The van der Waals surface area contributed by atoms with Crippen molar-refractivity contribution in [1.82, 2.24) is 0 Å². The molecule has 1 unspecified atom stereocenters. The van der Waals surface area contributed by atoms with Crippen LogP contribution in [-0.2, 0) is 4.79 Å². The summed E-state index contributed by atoms with van der Waals surface area (Å²) < 4.78 is 13.9. The standard InChI is InChI=1S/C13H16BrFN2O/c1-13(2,3)11-6-12(18)17-9-4-7(14)8(15)5-10(9)16-11/h4-5,11,16H,6H2,1-3H3,(H,17,18). The number of carbonyl (C=O) groups is 1. The van der Waals surface area contributed by atoms with Gasteiger partial charge in [-0.1, -0.05) is 20.8 Å². The maximum Gasteiger partial charge on any atom is 0.226 e. The van der Waals surface area contributed by atoms with E-state index >= 15 is 0 Å². The third-order valence-corrected chi connectivity index (χ3v) is 3.71. The first-order chi connectivity index (χ1) is 8.27. The van der Waals surface area contributed by atoms with E-state index in [-0.39, 0.29) is 23.2 Å². The lowest BCUT2D eigenvalue weighted by molar-refractivity contribution is -0.116. The van der Waals surface area contributed by atoms with Gasteiger partial charge in [0.05, 0.1) is 15.8 Å². The molecule has 1 amide bonds. The Morgan fingerprint density at radius 2 is 2.00 bits per heavy atom. The normalized spacial score (nSPS) is 19.6. The number of hydrogen-bond acceptors (Lipinski definition) is 2. The summed E-state index contributed by atoms with van der Waals surface area (Å²) in [6.07, 6.45) is 0.372. The van der Waals surface area contributed by atoms with Crippen molar-refractivity contribution in [3.63, 3.8) is 0 Å². The van der Waals surface area contributed by atoms with Crippen LogP contribution in [0.25, 0.3) is 0 Å². The van der Waals surface area contributed by atoms with Gasteiger partial charge in [-0.2, -0.15) is 0 Å². The second-order valence-corrected chi connectivity index (χ2v) is 6.48. The Hall–Kier alpha value is -1.10. The molecule has 0 saturated heterocycles. The van der Waals surface area contributed by atoms with E-state index in [4.69, 9.17) is 0 Å². The van der Waals surface area contributed by atoms with Gasteiger partial charge in [-0.05, 0) is 27.4 Å². The van der Waals surface area contributed by atoms with Crippen LogP contribution in [0, 0.1) is 11.2 Å². The summed E-state index contributed by atoms with van der Waals surface area (Å²) in [6.45, 7) is 6.16. The number of fused-ring (bicyclic) bond motifs is 1. The summed E-state index contributed by atoms with van der Waals surface area (Å²) in [6, 6.07) is 2.96. The molecule has 2 rings (SSSR count). The molecule has 98 valence electrons. The van der Waals surface area contributed by atoms with Crippen molar-refractivity contribution in [3.8, 4) is 0 Å². The maximum absolute atomic E-state index is 13.6. The maximum atomic E-state index is 13.6. The molecule has 3 nitrogen and oxygen atoms in total. The molecular weight excluding hydrogens is 299 g/mol. The van der Waals surface area contributed by atoms with E-state index < -0.39 is 0 Å². The second kappa shape index (κ2) is 4.53. The number of rotatable bonds is 0. The molecule has 0 saturated carbocycles. The first kappa shape index (κ1) is 13.3. The number of hydrogen-bond donors (Lipinski definition) is 2. The van der Waals surface area contributed by atoms with Crippen LogP contribution in [0.4, 0.5) is 15.8 Å². The Morgan fingerprint density at radius 1 is 1.33 bits per heavy atom. The highest BCUT2D eigenvalue weighted by Gasteiger charge is 2.30. The molecule has 0 aromatic heterocycles. The van der Waals surface area contributed by atoms with Crippen LogP contribution in [0.15, 0.2) is 16.6 Å². The lowest BCUT2D eigenvalue weighted by atomic mass is 9.84. The Kier molecular flexibility index (Phi) is 3.36. The first-order valence-electron chi connectivity index (χ1n) is 5.83. The van der Waals surface area contributed by atoms with Crippen molar-refractivity contribution in [2.24, 2.45) is 5.41 Å². The van der Waals surface area contributed by atoms with Crippen molar-refractivity contribution in [1.29, 1.82) is 0 Å². The zero-order chi connectivity index (χ0) is 13.5. The van der Waals surface area contributed by atoms with Crippen LogP contribution < -0.4 is 10.6 Å². The fourth-order valence-corrected chi connectivity index (χ4v) is 2.26. The predicted octanol–water partition coefficient (Wildman–Crippen LogP) is 3.76. The lowest BCUT2D eigenvalue weighted by Crippen LogP contribution is -2.35. The summed E-state index contributed by atoms with van der Waals surface area (Å²) in [7, 11) is 0. The fraction of sp³-hybridized carbons (Fsp3) is 0.462. The van der Waals surface area contributed by atoms with Crippen molar-refractivity contribution in [2.45, 2.75) is 33.2 Å². The van der Waals surface area contributed by atoms with Gasteiger partial charge in [-0.15, -0.1) is 0 Å². The Balaban J connectivity index is 2.43. The highest BCUT2D eigenvalue weighted by atomic mass is 79.9. The highest BCUT2D eigenvalue weighted by Crippen LogP contribution is 2.35.